The van der Waals surface area contributed by atoms with Gasteiger partial charge >= 0.3 is 0 Å². The van der Waals surface area contributed by atoms with Gasteiger partial charge in [-0.1, -0.05) is 11.6 Å². The number of aryl methyl sites for hydroxylation is 1. The second-order valence-corrected chi connectivity index (χ2v) is 6.02. The van der Waals surface area contributed by atoms with Crippen molar-refractivity contribution in [2.75, 3.05) is 19.6 Å². The molecule has 4 nitrogen and oxygen atoms in total. The van der Waals surface area contributed by atoms with Crippen molar-refractivity contribution >= 4 is 21.8 Å². The molecule has 1 aromatic rings. The molecule has 0 atom stereocenters. The molecule has 0 unspecified atom stereocenters. The summed E-state index contributed by atoms with van der Waals surface area (Å²) < 4.78 is 0.822. The zero-order valence-electron chi connectivity index (χ0n) is 11.5. The molecule has 1 aliphatic heterocycles. The fourth-order valence-corrected chi connectivity index (χ4v) is 2.84. The normalized spacial score (nSPS) is 16.6. The molecule has 0 saturated carbocycles. The van der Waals surface area contributed by atoms with Gasteiger partial charge in [-0.15, -0.1) is 0 Å². The molecule has 1 amide bonds. The number of nitriles is 1. The van der Waals surface area contributed by atoms with Gasteiger partial charge in [0.25, 0.3) is 5.91 Å². The standard InChI is InChI=1S/C15H18BrN3O/c1-11-2-3-14(16)13(10-11)15(20)18-12-4-7-19(8-5-12)9-6-17/h2-3,10,12H,4-5,7-9H2,1H3,(H,18,20). The molecule has 1 aliphatic rings. The highest BCUT2D eigenvalue weighted by Gasteiger charge is 2.21. The molecular formula is C15H18BrN3O. The minimum atomic E-state index is -0.0284. The predicted octanol–water partition coefficient (Wildman–Crippen LogP) is 2.48. The Hall–Kier alpha value is -1.38. The number of rotatable bonds is 3. The Kier molecular flexibility index (Phi) is 5.16. The molecule has 0 bridgehead atoms. The van der Waals surface area contributed by atoms with E-state index in [0.29, 0.717) is 12.1 Å². The molecule has 1 N–H and O–H groups in total. The first-order chi connectivity index (χ1) is 9.60. The lowest BCUT2D eigenvalue weighted by Crippen LogP contribution is -2.44. The molecule has 2 rings (SSSR count). The number of piperidine rings is 1. The quantitative estimate of drug-likeness (QED) is 0.863. The Balaban J connectivity index is 1.93. The van der Waals surface area contributed by atoms with E-state index in [4.69, 9.17) is 5.26 Å². The molecule has 0 aromatic heterocycles. The highest BCUT2D eigenvalue weighted by molar-refractivity contribution is 9.10. The third kappa shape index (κ3) is 3.81. The summed E-state index contributed by atoms with van der Waals surface area (Å²) in [5.41, 5.74) is 1.76. The van der Waals surface area contributed by atoms with Gasteiger partial charge in [0.1, 0.15) is 0 Å². The first-order valence-electron chi connectivity index (χ1n) is 6.76. The summed E-state index contributed by atoms with van der Waals surface area (Å²) in [5, 5.41) is 11.8. The van der Waals surface area contributed by atoms with Crippen LogP contribution in [0.5, 0.6) is 0 Å². The lowest BCUT2D eigenvalue weighted by molar-refractivity contribution is 0.0913. The Morgan fingerprint density at radius 3 is 2.85 bits per heavy atom. The highest BCUT2D eigenvalue weighted by atomic mass is 79.9. The second-order valence-electron chi connectivity index (χ2n) is 5.17. The van der Waals surface area contributed by atoms with E-state index in [0.717, 1.165) is 36.0 Å². The summed E-state index contributed by atoms with van der Waals surface area (Å²) in [6.07, 6.45) is 1.80. The average molecular weight is 336 g/mol. The van der Waals surface area contributed by atoms with E-state index in [2.05, 4.69) is 32.2 Å². The van der Waals surface area contributed by atoms with Crippen LogP contribution in [0.3, 0.4) is 0 Å². The number of carbonyl (C=O) groups excluding carboxylic acids is 1. The molecule has 1 fully saturated rings. The largest absolute Gasteiger partial charge is 0.349 e. The summed E-state index contributed by atoms with van der Waals surface area (Å²) in [5.74, 6) is -0.0284. The Labute approximate surface area is 127 Å². The number of likely N-dealkylation sites (tertiary alicyclic amines) is 1. The highest BCUT2D eigenvalue weighted by Crippen LogP contribution is 2.19. The topological polar surface area (TPSA) is 56.1 Å². The van der Waals surface area contributed by atoms with Crippen molar-refractivity contribution in [2.24, 2.45) is 0 Å². The van der Waals surface area contributed by atoms with E-state index < -0.39 is 0 Å². The van der Waals surface area contributed by atoms with E-state index in [1.54, 1.807) is 0 Å². The van der Waals surface area contributed by atoms with Crippen molar-refractivity contribution in [1.29, 1.82) is 5.26 Å². The maximum absolute atomic E-state index is 12.3. The van der Waals surface area contributed by atoms with Crippen LogP contribution in [0.15, 0.2) is 22.7 Å². The van der Waals surface area contributed by atoms with E-state index in [9.17, 15) is 4.79 Å². The molecule has 1 aromatic carbocycles. The van der Waals surface area contributed by atoms with Crippen LogP contribution in [0.25, 0.3) is 0 Å². The van der Waals surface area contributed by atoms with Crippen LogP contribution in [0.2, 0.25) is 0 Å². The lowest BCUT2D eigenvalue weighted by Gasteiger charge is -2.30. The van der Waals surface area contributed by atoms with Crippen molar-refractivity contribution in [1.82, 2.24) is 10.2 Å². The third-order valence-electron chi connectivity index (χ3n) is 3.58. The number of nitrogens with one attached hydrogen (secondary N) is 1. The SMILES string of the molecule is Cc1ccc(Br)c(C(=O)NC2CCN(CC#N)CC2)c1. The van der Waals surface area contributed by atoms with E-state index in [1.165, 1.54) is 0 Å². The minimum absolute atomic E-state index is 0.0284. The fraction of sp³-hybridized carbons (Fsp3) is 0.467. The van der Waals surface area contributed by atoms with E-state index in [1.807, 2.05) is 25.1 Å². The molecule has 0 spiro atoms. The third-order valence-corrected chi connectivity index (χ3v) is 4.28. The zero-order valence-corrected chi connectivity index (χ0v) is 13.1. The van der Waals surface area contributed by atoms with Crippen LogP contribution in [0.1, 0.15) is 28.8 Å². The summed E-state index contributed by atoms with van der Waals surface area (Å²) in [7, 11) is 0. The van der Waals surface area contributed by atoms with Crippen LogP contribution < -0.4 is 5.32 Å². The Morgan fingerprint density at radius 2 is 2.20 bits per heavy atom. The van der Waals surface area contributed by atoms with Crippen LogP contribution in [0, 0.1) is 18.3 Å². The molecule has 0 radical (unpaired) electrons. The van der Waals surface area contributed by atoms with Gasteiger partial charge in [0.15, 0.2) is 0 Å². The van der Waals surface area contributed by atoms with Crippen LogP contribution in [0.4, 0.5) is 0 Å². The summed E-state index contributed by atoms with van der Waals surface area (Å²) in [4.78, 5) is 14.4. The van der Waals surface area contributed by atoms with Crippen LogP contribution in [-0.2, 0) is 0 Å². The van der Waals surface area contributed by atoms with Crippen molar-refractivity contribution in [2.45, 2.75) is 25.8 Å². The smallest absolute Gasteiger partial charge is 0.252 e. The monoisotopic (exact) mass is 335 g/mol. The average Bonchev–Trinajstić information content (AvgIpc) is 2.44. The molecular weight excluding hydrogens is 318 g/mol. The van der Waals surface area contributed by atoms with Gasteiger partial charge < -0.3 is 5.32 Å². The van der Waals surface area contributed by atoms with Crippen LogP contribution in [-0.4, -0.2) is 36.5 Å². The molecule has 1 heterocycles. The number of hydrogen-bond acceptors (Lipinski definition) is 3. The van der Waals surface area contributed by atoms with Gasteiger partial charge in [-0.2, -0.15) is 5.26 Å². The number of nitrogens with zero attached hydrogens (tertiary/aromatic N) is 2. The first kappa shape index (κ1) is 15.0. The molecule has 20 heavy (non-hydrogen) atoms. The van der Waals surface area contributed by atoms with Gasteiger partial charge in [0.2, 0.25) is 0 Å². The van der Waals surface area contributed by atoms with Crippen molar-refractivity contribution in [3.8, 4) is 6.07 Å². The summed E-state index contributed by atoms with van der Waals surface area (Å²) in [6.45, 7) is 4.19. The van der Waals surface area contributed by atoms with E-state index in [-0.39, 0.29) is 11.9 Å². The fourth-order valence-electron chi connectivity index (χ4n) is 2.41. The number of carbonyl (C=O) groups is 1. The molecule has 1 saturated heterocycles. The lowest BCUT2D eigenvalue weighted by atomic mass is 10.0. The van der Waals surface area contributed by atoms with Gasteiger partial charge in [0.05, 0.1) is 18.2 Å². The molecule has 106 valence electrons. The summed E-state index contributed by atoms with van der Waals surface area (Å²) in [6, 6.07) is 8.13. The number of halogens is 1. The first-order valence-corrected chi connectivity index (χ1v) is 7.56. The molecule has 0 aliphatic carbocycles. The van der Waals surface area contributed by atoms with Crippen molar-refractivity contribution in [3.05, 3.63) is 33.8 Å². The van der Waals surface area contributed by atoms with Gasteiger partial charge in [0, 0.05) is 23.6 Å². The number of hydrogen-bond donors (Lipinski definition) is 1. The number of benzene rings is 1. The Bertz CT molecular complexity index is 530. The predicted molar refractivity (Wildman–Crippen MR) is 81.4 cm³/mol. The Morgan fingerprint density at radius 1 is 1.50 bits per heavy atom. The zero-order chi connectivity index (χ0) is 14.5. The van der Waals surface area contributed by atoms with Crippen molar-refractivity contribution < 1.29 is 4.79 Å². The number of amides is 1. The van der Waals surface area contributed by atoms with E-state index >= 15 is 0 Å². The van der Waals surface area contributed by atoms with Gasteiger partial charge in [-0.3, -0.25) is 9.69 Å². The van der Waals surface area contributed by atoms with Gasteiger partial charge in [-0.05, 0) is 47.8 Å². The maximum atomic E-state index is 12.3. The van der Waals surface area contributed by atoms with Gasteiger partial charge in [-0.25, -0.2) is 0 Å². The summed E-state index contributed by atoms with van der Waals surface area (Å²) >= 11 is 3.42. The van der Waals surface area contributed by atoms with Crippen molar-refractivity contribution in [3.63, 3.8) is 0 Å². The maximum Gasteiger partial charge on any atom is 0.252 e. The van der Waals surface area contributed by atoms with Crippen LogP contribution >= 0.6 is 15.9 Å². The second kappa shape index (κ2) is 6.87. The molecule has 5 heteroatoms. The minimum Gasteiger partial charge on any atom is -0.349 e.